The fourth-order valence-electron chi connectivity index (χ4n) is 2.37. The molecule has 0 bridgehead atoms. The molecule has 1 aromatic heterocycles. The Labute approximate surface area is 158 Å². The molecule has 144 valence electrons. The van der Waals surface area contributed by atoms with Crippen molar-refractivity contribution in [3.8, 4) is 5.75 Å². The van der Waals surface area contributed by atoms with Crippen molar-refractivity contribution in [2.45, 2.75) is 6.18 Å². The molecule has 28 heavy (non-hydrogen) atoms. The molecule has 0 aliphatic rings. The molecule has 9 heteroatoms. The van der Waals surface area contributed by atoms with E-state index in [1.165, 1.54) is 30.3 Å². The second-order valence-corrected chi connectivity index (χ2v) is 5.65. The number of hydrogen-bond donors (Lipinski definition) is 2. The van der Waals surface area contributed by atoms with E-state index in [1.807, 2.05) is 0 Å². The first-order chi connectivity index (χ1) is 13.4. The average molecular weight is 388 g/mol. The fraction of sp³-hybridized carbons (Fsp3) is 0.105. The Balaban J connectivity index is 1.70. The minimum absolute atomic E-state index is 0.114. The predicted octanol–water partition coefficient (Wildman–Crippen LogP) is 4.50. The van der Waals surface area contributed by atoms with Gasteiger partial charge in [0.15, 0.2) is 11.5 Å². The number of carbonyl (C=O) groups excluding carboxylic acids is 1. The van der Waals surface area contributed by atoms with Gasteiger partial charge in [0.25, 0.3) is 5.91 Å². The van der Waals surface area contributed by atoms with Crippen molar-refractivity contribution in [1.29, 1.82) is 0 Å². The highest BCUT2D eigenvalue weighted by atomic mass is 19.4. The molecule has 1 amide bonds. The number of ether oxygens (including phenoxy) is 1. The Morgan fingerprint density at radius 3 is 2.29 bits per heavy atom. The Morgan fingerprint density at radius 2 is 1.68 bits per heavy atom. The third kappa shape index (κ3) is 4.56. The summed E-state index contributed by atoms with van der Waals surface area (Å²) in [7, 11) is 1.56. The van der Waals surface area contributed by atoms with Crippen molar-refractivity contribution in [2.24, 2.45) is 0 Å². The van der Waals surface area contributed by atoms with E-state index in [9.17, 15) is 18.0 Å². The number of methoxy groups -OCH3 is 1. The smallest absolute Gasteiger partial charge is 0.418 e. The van der Waals surface area contributed by atoms with E-state index in [0.29, 0.717) is 11.6 Å². The third-order valence-electron chi connectivity index (χ3n) is 3.74. The molecule has 0 fully saturated rings. The normalized spacial score (nSPS) is 11.0. The van der Waals surface area contributed by atoms with E-state index in [0.717, 1.165) is 11.8 Å². The van der Waals surface area contributed by atoms with Crippen molar-refractivity contribution in [3.63, 3.8) is 0 Å². The average Bonchev–Trinajstić information content (AvgIpc) is 2.69. The fourth-order valence-corrected chi connectivity index (χ4v) is 2.37. The van der Waals surface area contributed by atoms with Crippen LogP contribution in [0.5, 0.6) is 5.75 Å². The van der Waals surface area contributed by atoms with Gasteiger partial charge in [0.2, 0.25) is 0 Å². The molecular weight excluding hydrogens is 373 g/mol. The number of alkyl halides is 3. The highest BCUT2D eigenvalue weighted by Crippen LogP contribution is 2.34. The van der Waals surface area contributed by atoms with Crippen molar-refractivity contribution in [1.82, 2.24) is 10.2 Å². The van der Waals surface area contributed by atoms with Gasteiger partial charge in [-0.3, -0.25) is 4.79 Å². The second-order valence-electron chi connectivity index (χ2n) is 5.65. The maximum Gasteiger partial charge on any atom is 0.418 e. The summed E-state index contributed by atoms with van der Waals surface area (Å²) in [6, 6.07) is 14.6. The lowest BCUT2D eigenvalue weighted by Crippen LogP contribution is -2.18. The van der Waals surface area contributed by atoms with Crippen LogP contribution >= 0.6 is 0 Å². The number of para-hydroxylation sites is 1. The molecule has 6 nitrogen and oxygen atoms in total. The lowest BCUT2D eigenvalue weighted by molar-refractivity contribution is -0.136. The molecule has 0 atom stereocenters. The Bertz CT molecular complexity index is 958. The molecule has 0 spiro atoms. The first-order valence-electron chi connectivity index (χ1n) is 8.09. The zero-order chi connectivity index (χ0) is 20.1. The molecule has 0 aliphatic carbocycles. The van der Waals surface area contributed by atoms with Crippen LogP contribution in [-0.4, -0.2) is 23.2 Å². The first kappa shape index (κ1) is 19.2. The summed E-state index contributed by atoms with van der Waals surface area (Å²) < 4.78 is 44.1. The van der Waals surface area contributed by atoms with Gasteiger partial charge in [-0.05, 0) is 48.5 Å². The summed E-state index contributed by atoms with van der Waals surface area (Å²) >= 11 is 0. The number of aromatic nitrogens is 2. The highest BCUT2D eigenvalue weighted by molar-refractivity contribution is 6.03. The van der Waals surface area contributed by atoms with Gasteiger partial charge in [0.05, 0.1) is 18.4 Å². The van der Waals surface area contributed by atoms with Crippen molar-refractivity contribution in [2.75, 3.05) is 17.7 Å². The minimum atomic E-state index is -4.58. The highest BCUT2D eigenvalue weighted by Gasteiger charge is 2.33. The number of nitrogens with zero attached hydrogens (tertiary/aromatic N) is 2. The standard InChI is InChI=1S/C19H15F3N4O2/c1-28-13-8-6-12(7-9-13)23-17-11-10-16(25-26-17)18(27)24-15-5-3-2-4-14(15)19(20,21)22/h2-11H,1H3,(H,23,26)(H,24,27). The largest absolute Gasteiger partial charge is 0.497 e. The molecule has 2 aromatic carbocycles. The van der Waals surface area contributed by atoms with Gasteiger partial charge < -0.3 is 15.4 Å². The van der Waals surface area contributed by atoms with Crippen LogP contribution < -0.4 is 15.4 Å². The lowest BCUT2D eigenvalue weighted by Gasteiger charge is -2.13. The van der Waals surface area contributed by atoms with Crippen LogP contribution in [0, 0.1) is 0 Å². The summed E-state index contributed by atoms with van der Waals surface area (Å²) in [6.07, 6.45) is -4.58. The maximum atomic E-state index is 13.0. The van der Waals surface area contributed by atoms with Crippen LogP contribution in [0.4, 0.5) is 30.4 Å². The van der Waals surface area contributed by atoms with E-state index in [1.54, 1.807) is 31.4 Å². The van der Waals surface area contributed by atoms with Crippen LogP contribution in [0.15, 0.2) is 60.7 Å². The van der Waals surface area contributed by atoms with Gasteiger partial charge in [0.1, 0.15) is 5.75 Å². The molecule has 3 rings (SSSR count). The minimum Gasteiger partial charge on any atom is -0.497 e. The summed E-state index contributed by atoms with van der Waals surface area (Å²) in [5.41, 5.74) is -0.667. The quantitative estimate of drug-likeness (QED) is 0.673. The predicted molar refractivity (Wildman–Crippen MR) is 97.7 cm³/mol. The van der Waals surface area contributed by atoms with Crippen LogP contribution in [0.2, 0.25) is 0 Å². The molecule has 2 N–H and O–H groups in total. The van der Waals surface area contributed by atoms with Gasteiger partial charge in [-0.15, -0.1) is 10.2 Å². The SMILES string of the molecule is COc1ccc(Nc2ccc(C(=O)Nc3ccccc3C(F)(F)F)nn2)cc1. The lowest BCUT2D eigenvalue weighted by atomic mass is 10.1. The molecule has 3 aromatic rings. The van der Waals surface area contributed by atoms with Crippen LogP contribution in [0.3, 0.4) is 0 Å². The first-order valence-corrected chi connectivity index (χ1v) is 8.09. The van der Waals surface area contributed by atoms with E-state index in [-0.39, 0.29) is 11.4 Å². The van der Waals surface area contributed by atoms with E-state index in [2.05, 4.69) is 20.8 Å². The van der Waals surface area contributed by atoms with Gasteiger partial charge >= 0.3 is 6.18 Å². The van der Waals surface area contributed by atoms with Gasteiger partial charge in [-0.2, -0.15) is 13.2 Å². The van der Waals surface area contributed by atoms with Gasteiger partial charge in [-0.1, -0.05) is 12.1 Å². The summed E-state index contributed by atoms with van der Waals surface area (Å²) in [5, 5.41) is 12.9. The number of hydrogen-bond acceptors (Lipinski definition) is 5. The van der Waals surface area contributed by atoms with E-state index < -0.39 is 17.6 Å². The van der Waals surface area contributed by atoms with Crippen LogP contribution in [-0.2, 0) is 6.18 Å². The Hall–Kier alpha value is -3.62. The Kier molecular flexibility index (Phi) is 5.44. The topological polar surface area (TPSA) is 76.1 Å². The zero-order valence-corrected chi connectivity index (χ0v) is 14.6. The van der Waals surface area contributed by atoms with E-state index >= 15 is 0 Å². The monoisotopic (exact) mass is 388 g/mol. The zero-order valence-electron chi connectivity index (χ0n) is 14.6. The Morgan fingerprint density at radius 1 is 0.964 bits per heavy atom. The van der Waals surface area contributed by atoms with Gasteiger partial charge in [0, 0.05) is 5.69 Å². The van der Waals surface area contributed by atoms with E-state index in [4.69, 9.17) is 4.74 Å². The van der Waals surface area contributed by atoms with Crippen molar-refractivity contribution < 1.29 is 22.7 Å². The number of carbonyl (C=O) groups is 1. The number of amides is 1. The summed E-state index contributed by atoms with van der Waals surface area (Å²) in [4.78, 5) is 12.2. The molecule has 1 heterocycles. The molecule has 0 saturated carbocycles. The number of anilines is 3. The molecule has 0 radical (unpaired) electrons. The van der Waals surface area contributed by atoms with Gasteiger partial charge in [-0.25, -0.2) is 0 Å². The third-order valence-corrected chi connectivity index (χ3v) is 3.74. The van der Waals surface area contributed by atoms with Crippen molar-refractivity contribution in [3.05, 3.63) is 71.9 Å². The van der Waals surface area contributed by atoms with Crippen LogP contribution in [0.1, 0.15) is 16.1 Å². The maximum absolute atomic E-state index is 13.0. The number of rotatable bonds is 5. The molecule has 0 saturated heterocycles. The molecular formula is C19H15F3N4O2. The van der Waals surface area contributed by atoms with Crippen LogP contribution in [0.25, 0.3) is 0 Å². The second kappa shape index (κ2) is 7.95. The number of nitrogens with one attached hydrogen (secondary N) is 2. The summed E-state index contributed by atoms with van der Waals surface area (Å²) in [5.74, 6) is 0.278. The summed E-state index contributed by atoms with van der Waals surface area (Å²) in [6.45, 7) is 0. The number of benzene rings is 2. The molecule has 0 unspecified atom stereocenters. The van der Waals surface area contributed by atoms with Crippen molar-refractivity contribution >= 4 is 23.1 Å². The number of halogens is 3. The molecule has 0 aliphatic heterocycles.